The zero-order valence-electron chi connectivity index (χ0n) is 6.71. The fourth-order valence-electron chi connectivity index (χ4n) is 0.775. The Hall–Kier alpha value is -1.26. The number of benzene rings is 1. The zero-order chi connectivity index (χ0) is 10.6. The van der Waals surface area contributed by atoms with E-state index in [1.54, 1.807) is 0 Å². The summed E-state index contributed by atoms with van der Waals surface area (Å²) in [6.45, 7) is 0. The van der Waals surface area contributed by atoms with E-state index in [0.29, 0.717) is 5.69 Å². The molecule has 0 aliphatic rings. The van der Waals surface area contributed by atoms with E-state index in [2.05, 4.69) is 9.73 Å². The number of isocyanates is 1. The Labute approximate surface area is 86.5 Å². The van der Waals surface area contributed by atoms with Crippen molar-refractivity contribution in [3.05, 3.63) is 24.3 Å². The molecule has 74 valence electrons. The van der Waals surface area contributed by atoms with E-state index < -0.39 is 5.02 Å². The number of aliphatic imine (C=N–C) groups is 1. The molecule has 0 aromatic heterocycles. The highest BCUT2D eigenvalue weighted by atomic mass is 79.9. The molecule has 0 aliphatic carbocycles. The number of hydrogen-bond donors (Lipinski definition) is 0. The summed E-state index contributed by atoms with van der Waals surface area (Å²) in [6.07, 6.45) is 1.33. The number of hydrogen-bond acceptors (Lipinski definition) is 3. The van der Waals surface area contributed by atoms with Crippen LogP contribution in [0.3, 0.4) is 0 Å². The molecule has 0 atom stereocenters. The van der Waals surface area contributed by atoms with E-state index >= 15 is 0 Å². The Morgan fingerprint density at radius 1 is 1.36 bits per heavy atom. The van der Waals surface area contributed by atoms with Gasteiger partial charge in [-0.05, 0) is 24.3 Å². The number of rotatable bonds is 3. The maximum absolute atomic E-state index is 12.3. The molecular weight excluding hydrogens is 260 g/mol. The van der Waals surface area contributed by atoms with Crippen molar-refractivity contribution < 1.29 is 18.3 Å². The van der Waals surface area contributed by atoms with Crippen LogP contribution in [-0.2, 0) is 4.79 Å². The van der Waals surface area contributed by atoms with Crippen LogP contribution in [-0.4, -0.2) is 11.1 Å². The molecule has 0 saturated heterocycles. The Morgan fingerprint density at radius 3 is 2.36 bits per heavy atom. The van der Waals surface area contributed by atoms with Gasteiger partial charge >= 0.3 is 5.02 Å². The second kappa shape index (κ2) is 4.30. The van der Waals surface area contributed by atoms with Gasteiger partial charge in [-0.15, -0.1) is 0 Å². The van der Waals surface area contributed by atoms with E-state index in [1.807, 2.05) is 15.9 Å². The summed E-state index contributed by atoms with van der Waals surface area (Å²) in [5, 5.41) is -3.40. The Kier molecular flexibility index (Phi) is 3.33. The van der Waals surface area contributed by atoms with Gasteiger partial charge in [0.2, 0.25) is 6.08 Å². The summed E-state index contributed by atoms with van der Waals surface area (Å²) in [5.74, 6) is -0.0308. The van der Waals surface area contributed by atoms with Gasteiger partial charge in [0.25, 0.3) is 0 Å². The van der Waals surface area contributed by atoms with Crippen LogP contribution in [0.2, 0.25) is 0 Å². The van der Waals surface area contributed by atoms with E-state index in [1.165, 1.54) is 30.3 Å². The first-order chi connectivity index (χ1) is 6.51. The molecule has 0 radical (unpaired) electrons. The van der Waals surface area contributed by atoms with Crippen molar-refractivity contribution in [3.63, 3.8) is 0 Å². The molecule has 1 rings (SSSR count). The van der Waals surface area contributed by atoms with Crippen molar-refractivity contribution in [2.24, 2.45) is 4.99 Å². The predicted octanol–water partition coefficient (Wildman–Crippen LogP) is 2.98. The third kappa shape index (κ3) is 3.64. The molecule has 0 unspecified atom stereocenters. The Balaban J connectivity index is 2.78. The van der Waals surface area contributed by atoms with E-state index in [4.69, 9.17) is 0 Å². The van der Waals surface area contributed by atoms with Crippen LogP contribution < -0.4 is 4.74 Å². The van der Waals surface area contributed by atoms with Crippen LogP contribution >= 0.6 is 15.9 Å². The van der Waals surface area contributed by atoms with Crippen LogP contribution in [0.25, 0.3) is 0 Å². The summed E-state index contributed by atoms with van der Waals surface area (Å²) in [4.78, 5) is 13.1. The Bertz CT molecular complexity index is 355. The van der Waals surface area contributed by atoms with Gasteiger partial charge in [-0.25, -0.2) is 4.79 Å². The number of halogens is 3. The zero-order valence-corrected chi connectivity index (χ0v) is 8.29. The number of carbonyl (C=O) groups excluding carboxylic acids is 1. The van der Waals surface area contributed by atoms with E-state index in [9.17, 15) is 13.6 Å². The lowest BCUT2D eigenvalue weighted by Crippen LogP contribution is -2.14. The van der Waals surface area contributed by atoms with Gasteiger partial charge in [-0.3, -0.25) is 0 Å². The second-order valence-corrected chi connectivity index (χ2v) is 3.17. The summed E-state index contributed by atoms with van der Waals surface area (Å²) in [7, 11) is 0. The molecule has 1 aromatic carbocycles. The Morgan fingerprint density at radius 2 is 1.93 bits per heavy atom. The first kappa shape index (κ1) is 10.8. The van der Waals surface area contributed by atoms with Crippen molar-refractivity contribution in [1.82, 2.24) is 0 Å². The monoisotopic (exact) mass is 263 g/mol. The van der Waals surface area contributed by atoms with Gasteiger partial charge in [-0.1, -0.05) is 0 Å². The molecule has 0 saturated carbocycles. The number of alkyl halides is 3. The number of nitrogens with zero attached hydrogens (tertiary/aromatic N) is 1. The van der Waals surface area contributed by atoms with Crippen LogP contribution in [0.1, 0.15) is 0 Å². The highest BCUT2D eigenvalue weighted by Crippen LogP contribution is 2.27. The minimum Gasteiger partial charge on any atom is -0.424 e. The van der Waals surface area contributed by atoms with Crippen molar-refractivity contribution >= 4 is 27.7 Å². The molecule has 0 N–H and O–H groups in total. The van der Waals surface area contributed by atoms with Gasteiger partial charge < -0.3 is 4.74 Å². The fourth-order valence-corrected chi connectivity index (χ4v) is 0.962. The average molecular weight is 264 g/mol. The van der Waals surface area contributed by atoms with Crippen molar-refractivity contribution in [2.75, 3.05) is 0 Å². The number of ether oxygens (including phenoxy) is 1. The molecule has 0 fully saturated rings. The third-order valence-corrected chi connectivity index (χ3v) is 1.41. The predicted molar refractivity (Wildman–Crippen MR) is 48.7 cm³/mol. The largest absolute Gasteiger partial charge is 0.459 e. The first-order valence-electron chi connectivity index (χ1n) is 3.45. The third-order valence-electron chi connectivity index (χ3n) is 1.25. The molecule has 1 aromatic rings. The summed E-state index contributed by atoms with van der Waals surface area (Å²) >= 11 is 2.02. The first-order valence-corrected chi connectivity index (χ1v) is 4.24. The van der Waals surface area contributed by atoms with E-state index in [-0.39, 0.29) is 5.75 Å². The SMILES string of the molecule is O=C=Nc1ccc(OC(F)(F)Br)cc1. The van der Waals surface area contributed by atoms with Gasteiger partial charge in [-0.2, -0.15) is 13.8 Å². The quantitative estimate of drug-likeness (QED) is 0.478. The van der Waals surface area contributed by atoms with Crippen LogP contribution in [0.5, 0.6) is 5.75 Å². The van der Waals surface area contributed by atoms with Gasteiger partial charge in [0, 0.05) is 15.9 Å². The molecule has 0 spiro atoms. The topological polar surface area (TPSA) is 38.7 Å². The normalized spacial score (nSPS) is 10.5. The molecule has 14 heavy (non-hydrogen) atoms. The van der Waals surface area contributed by atoms with Gasteiger partial charge in [0.15, 0.2) is 0 Å². The average Bonchev–Trinajstić information content (AvgIpc) is 2.06. The highest BCUT2D eigenvalue weighted by molar-refractivity contribution is 9.09. The maximum Gasteiger partial charge on any atom is 0.459 e. The minimum atomic E-state index is -3.40. The lowest BCUT2D eigenvalue weighted by atomic mass is 10.3. The molecule has 0 amide bonds. The lowest BCUT2D eigenvalue weighted by Gasteiger charge is -2.10. The summed E-state index contributed by atoms with van der Waals surface area (Å²) in [6, 6.07) is 5.26. The highest BCUT2D eigenvalue weighted by Gasteiger charge is 2.26. The van der Waals surface area contributed by atoms with Crippen molar-refractivity contribution in [1.29, 1.82) is 0 Å². The molecule has 6 heteroatoms. The standard InChI is InChI=1S/C8H4BrF2NO2/c9-8(10,11)14-7-3-1-6(2-4-7)12-5-13/h1-4H. The summed E-state index contributed by atoms with van der Waals surface area (Å²) < 4.78 is 28.7. The molecule has 0 bridgehead atoms. The maximum atomic E-state index is 12.3. The van der Waals surface area contributed by atoms with Gasteiger partial charge in [0.05, 0.1) is 5.69 Å². The van der Waals surface area contributed by atoms with Gasteiger partial charge in [0.1, 0.15) is 5.75 Å². The van der Waals surface area contributed by atoms with Crippen molar-refractivity contribution in [2.45, 2.75) is 5.02 Å². The minimum absolute atomic E-state index is 0.0308. The lowest BCUT2D eigenvalue weighted by molar-refractivity contribution is -0.0802. The van der Waals surface area contributed by atoms with Crippen molar-refractivity contribution in [3.8, 4) is 5.75 Å². The smallest absolute Gasteiger partial charge is 0.424 e. The van der Waals surface area contributed by atoms with E-state index in [0.717, 1.165) is 0 Å². The molecular formula is C8H4BrF2NO2. The molecule has 0 heterocycles. The second-order valence-electron chi connectivity index (χ2n) is 2.24. The van der Waals surface area contributed by atoms with Crippen LogP contribution in [0.15, 0.2) is 29.3 Å². The van der Waals surface area contributed by atoms with Crippen LogP contribution in [0, 0.1) is 0 Å². The molecule has 0 aliphatic heterocycles. The molecule has 3 nitrogen and oxygen atoms in total. The van der Waals surface area contributed by atoms with Crippen LogP contribution in [0.4, 0.5) is 14.5 Å². The summed E-state index contributed by atoms with van der Waals surface area (Å²) in [5.41, 5.74) is 0.324. The fraction of sp³-hybridized carbons (Fsp3) is 0.125.